The van der Waals surface area contributed by atoms with Crippen molar-refractivity contribution in [2.45, 2.75) is 59.0 Å². The molecule has 1 aromatic heterocycles. The van der Waals surface area contributed by atoms with Crippen molar-refractivity contribution in [2.24, 2.45) is 0 Å². The lowest BCUT2D eigenvalue weighted by Gasteiger charge is -2.28. The molecule has 0 bridgehead atoms. The molecule has 1 aromatic rings. The highest BCUT2D eigenvalue weighted by Gasteiger charge is 2.21. The van der Waals surface area contributed by atoms with Crippen LogP contribution in [-0.4, -0.2) is 26.4 Å². The molecule has 0 spiro atoms. The van der Waals surface area contributed by atoms with Crippen molar-refractivity contribution in [1.82, 2.24) is 20.3 Å². The summed E-state index contributed by atoms with van der Waals surface area (Å²) < 4.78 is 1.70. The molecule has 96 valence electrons. The predicted octanol–water partition coefficient (Wildman–Crippen LogP) is 1.67. The molecule has 0 aromatic carbocycles. The van der Waals surface area contributed by atoms with Crippen molar-refractivity contribution >= 4 is 5.91 Å². The van der Waals surface area contributed by atoms with Gasteiger partial charge in [-0.05, 0) is 26.7 Å². The van der Waals surface area contributed by atoms with Gasteiger partial charge >= 0.3 is 0 Å². The van der Waals surface area contributed by atoms with Gasteiger partial charge in [0.05, 0.1) is 12.2 Å². The first-order chi connectivity index (χ1) is 7.99. The number of nitrogens with one attached hydrogen (secondary N) is 1. The first-order valence-corrected chi connectivity index (χ1v) is 6.17. The second-order valence-corrected chi connectivity index (χ2v) is 4.69. The van der Waals surface area contributed by atoms with Gasteiger partial charge in [0.15, 0.2) is 0 Å². The molecule has 1 N–H and O–H groups in total. The third-order valence-corrected chi connectivity index (χ3v) is 3.22. The molecule has 5 nitrogen and oxygen atoms in total. The number of carbonyl (C=O) groups excluding carboxylic acids is 1. The maximum Gasteiger partial charge on any atom is 0.222 e. The fraction of sp³-hybridized carbons (Fsp3) is 0.750. The van der Waals surface area contributed by atoms with Crippen molar-refractivity contribution < 1.29 is 4.79 Å². The summed E-state index contributed by atoms with van der Waals surface area (Å²) in [6, 6.07) is 0. The molecule has 1 rings (SSSR count). The van der Waals surface area contributed by atoms with Crippen LogP contribution in [0, 0.1) is 6.92 Å². The predicted molar refractivity (Wildman–Crippen MR) is 66.5 cm³/mol. The molecule has 17 heavy (non-hydrogen) atoms. The number of carbonyl (C=O) groups is 1. The number of hydrogen-bond donors (Lipinski definition) is 1. The van der Waals surface area contributed by atoms with Crippen LogP contribution >= 0.6 is 0 Å². The largest absolute Gasteiger partial charge is 0.351 e. The summed E-state index contributed by atoms with van der Waals surface area (Å²) in [5, 5.41) is 10.9. The van der Waals surface area contributed by atoms with Crippen LogP contribution in [0.1, 0.15) is 45.7 Å². The van der Waals surface area contributed by atoms with Crippen molar-refractivity contribution in [3.05, 3.63) is 11.9 Å². The maximum absolute atomic E-state index is 11.8. The zero-order valence-corrected chi connectivity index (χ0v) is 11.2. The monoisotopic (exact) mass is 238 g/mol. The third kappa shape index (κ3) is 4.17. The Morgan fingerprint density at radius 2 is 2.12 bits per heavy atom. The van der Waals surface area contributed by atoms with Gasteiger partial charge in [0.2, 0.25) is 5.91 Å². The minimum absolute atomic E-state index is 0.0735. The van der Waals surface area contributed by atoms with Crippen LogP contribution in [0.2, 0.25) is 0 Å². The van der Waals surface area contributed by atoms with Crippen molar-refractivity contribution in [2.75, 3.05) is 0 Å². The smallest absolute Gasteiger partial charge is 0.222 e. The van der Waals surface area contributed by atoms with Crippen LogP contribution < -0.4 is 5.32 Å². The summed E-state index contributed by atoms with van der Waals surface area (Å²) >= 11 is 0. The fourth-order valence-corrected chi connectivity index (χ4v) is 1.55. The summed E-state index contributed by atoms with van der Waals surface area (Å²) in [6.45, 7) is 8.71. The van der Waals surface area contributed by atoms with Crippen molar-refractivity contribution in [3.63, 3.8) is 0 Å². The average Bonchev–Trinajstić information content (AvgIpc) is 2.72. The maximum atomic E-state index is 11.8. The van der Waals surface area contributed by atoms with E-state index in [1.165, 1.54) is 0 Å². The van der Waals surface area contributed by atoms with Gasteiger partial charge in [-0.1, -0.05) is 19.1 Å². The average molecular weight is 238 g/mol. The molecule has 0 aliphatic heterocycles. The number of aryl methyl sites for hydroxylation is 2. The first kappa shape index (κ1) is 13.7. The number of nitrogens with zero attached hydrogens (tertiary/aromatic N) is 3. The highest BCUT2D eigenvalue weighted by atomic mass is 16.1. The van der Waals surface area contributed by atoms with Gasteiger partial charge in [0.25, 0.3) is 0 Å². The Bertz CT molecular complexity index is 368. The molecule has 0 atom stereocenters. The van der Waals surface area contributed by atoms with Gasteiger partial charge < -0.3 is 5.32 Å². The van der Waals surface area contributed by atoms with E-state index in [0.717, 1.165) is 18.5 Å². The van der Waals surface area contributed by atoms with E-state index < -0.39 is 0 Å². The minimum atomic E-state index is -0.0879. The molecule has 0 radical (unpaired) electrons. The number of amides is 1. The normalized spacial score (nSPS) is 11.5. The van der Waals surface area contributed by atoms with E-state index in [4.69, 9.17) is 0 Å². The molecule has 0 saturated carbocycles. The summed E-state index contributed by atoms with van der Waals surface area (Å²) in [4.78, 5) is 11.8. The van der Waals surface area contributed by atoms with E-state index in [1.807, 2.05) is 13.1 Å². The van der Waals surface area contributed by atoms with Crippen LogP contribution in [0.15, 0.2) is 6.20 Å². The van der Waals surface area contributed by atoms with Crippen molar-refractivity contribution in [1.29, 1.82) is 0 Å². The van der Waals surface area contributed by atoms with Crippen LogP contribution in [0.5, 0.6) is 0 Å². The third-order valence-electron chi connectivity index (χ3n) is 3.22. The van der Waals surface area contributed by atoms with E-state index in [2.05, 4.69) is 36.4 Å². The Hall–Kier alpha value is -1.39. The molecular formula is C12H22N4O. The number of aromatic nitrogens is 3. The van der Waals surface area contributed by atoms with E-state index >= 15 is 0 Å². The summed E-state index contributed by atoms with van der Waals surface area (Å²) in [6.07, 6.45) is 4.17. The SMILES string of the molecule is CCC(C)(CC)NC(=O)CCn1cc(C)nn1. The number of hydrogen-bond acceptors (Lipinski definition) is 3. The Morgan fingerprint density at radius 3 is 2.59 bits per heavy atom. The van der Waals surface area contributed by atoms with Crippen LogP contribution in [-0.2, 0) is 11.3 Å². The van der Waals surface area contributed by atoms with Gasteiger partial charge in [0.1, 0.15) is 0 Å². The molecule has 1 amide bonds. The topological polar surface area (TPSA) is 59.8 Å². The fourth-order valence-electron chi connectivity index (χ4n) is 1.55. The molecule has 5 heteroatoms. The first-order valence-electron chi connectivity index (χ1n) is 6.17. The quantitative estimate of drug-likeness (QED) is 0.820. The highest BCUT2D eigenvalue weighted by Crippen LogP contribution is 2.13. The Kier molecular flexibility index (Phi) is 4.66. The van der Waals surface area contributed by atoms with Crippen LogP contribution in [0.25, 0.3) is 0 Å². The minimum Gasteiger partial charge on any atom is -0.351 e. The van der Waals surface area contributed by atoms with Crippen LogP contribution in [0.3, 0.4) is 0 Å². The van der Waals surface area contributed by atoms with Crippen molar-refractivity contribution in [3.8, 4) is 0 Å². The van der Waals surface area contributed by atoms with E-state index in [1.54, 1.807) is 4.68 Å². The van der Waals surface area contributed by atoms with E-state index in [0.29, 0.717) is 13.0 Å². The van der Waals surface area contributed by atoms with Gasteiger partial charge in [-0.2, -0.15) is 0 Å². The number of rotatable bonds is 6. The lowest BCUT2D eigenvalue weighted by atomic mass is 9.95. The molecule has 0 saturated heterocycles. The lowest BCUT2D eigenvalue weighted by Crippen LogP contribution is -2.45. The second-order valence-electron chi connectivity index (χ2n) is 4.69. The zero-order chi connectivity index (χ0) is 12.9. The summed E-state index contributed by atoms with van der Waals surface area (Å²) in [5.74, 6) is 0.0735. The van der Waals surface area contributed by atoms with Gasteiger partial charge in [-0.15, -0.1) is 5.10 Å². The molecular weight excluding hydrogens is 216 g/mol. The zero-order valence-electron chi connectivity index (χ0n) is 11.2. The Morgan fingerprint density at radius 1 is 1.47 bits per heavy atom. The van der Waals surface area contributed by atoms with Gasteiger partial charge in [-0.3, -0.25) is 9.48 Å². The van der Waals surface area contributed by atoms with Crippen LogP contribution in [0.4, 0.5) is 0 Å². The summed E-state index contributed by atoms with van der Waals surface area (Å²) in [7, 11) is 0. The molecule has 0 unspecified atom stereocenters. The van der Waals surface area contributed by atoms with E-state index in [-0.39, 0.29) is 11.4 Å². The summed E-state index contributed by atoms with van der Waals surface area (Å²) in [5.41, 5.74) is 0.785. The molecule has 0 aliphatic rings. The highest BCUT2D eigenvalue weighted by molar-refractivity contribution is 5.76. The van der Waals surface area contributed by atoms with Gasteiger partial charge in [0, 0.05) is 18.2 Å². The molecule has 1 heterocycles. The van der Waals surface area contributed by atoms with Gasteiger partial charge in [-0.25, -0.2) is 0 Å². The standard InChI is InChI=1S/C12H22N4O/c1-5-12(4,6-2)13-11(17)7-8-16-9-10(3)14-15-16/h9H,5-8H2,1-4H3,(H,13,17). The second kappa shape index (κ2) is 5.80. The lowest BCUT2D eigenvalue weighted by molar-refractivity contribution is -0.123. The Balaban J connectivity index is 2.40. The van der Waals surface area contributed by atoms with E-state index in [9.17, 15) is 4.79 Å². The Labute approximate surface area is 103 Å². The molecule has 0 aliphatic carbocycles. The molecule has 0 fully saturated rings.